The van der Waals surface area contributed by atoms with E-state index < -0.39 is 0 Å². The van der Waals surface area contributed by atoms with Gasteiger partial charge in [0.1, 0.15) is 0 Å². The van der Waals surface area contributed by atoms with E-state index in [9.17, 15) is 0 Å². The predicted molar refractivity (Wildman–Crippen MR) is 62.7 cm³/mol. The molecule has 0 saturated heterocycles. The summed E-state index contributed by atoms with van der Waals surface area (Å²) < 4.78 is 0. The van der Waals surface area contributed by atoms with Gasteiger partial charge in [0, 0.05) is 27.3 Å². The Labute approximate surface area is 95.2 Å². The second-order valence-corrected chi connectivity index (χ2v) is 4.63. The summed E-state index contributed by atoms with van der Waals surface area (Å²) in [4.78, 5) is 9.95. The Kier molecular flexibility index (Phi) is 2.93. The lowest BCUT2D eigenvalue weighted by atomic mass is 10.3. The zero-order chi connectivity index (χ0) is 9.97. The van der Waals surface area contributed by atoms with Crippen molar-refractivity contribution in [2.45, 2.75) is 12.3 Å². The van der Waals surface area contributed by atoms with Crippen molar-refractivity contribution in [2.24, 2.45) is 0 Å². The van der Waals surface area contributed by atoms with Crippen molar-refractivity contribution in [3.63, 3.8) is 0 Å². The summed E-state index contributed by atoms with van der Waals surface area (Å²) in [5.41, 5.74) is 2.12. The molecule has 0 aliphatic carbocycles. The molecule has 0 radical (unpaired) electrons. The van der Waals surface area contributed by atoms with E-state index in [0.717, 1.165) is 22.4 Å². The van der Waals surface area contributed by atoms with E-state index in [1.54, 1.807) is 17.5 Å². The molecular formula is C10H9BrN2S. The zero-order valence-corrected chi connectivity index (χ0v) is 10.1. The molecule has 0 amide bonds. The molecule has 4 heteroatoms. The van der Waals surface area contributed by atoms with Crippen LogP contribution in [0.5, 0.6) is 0 Å². The maximum atomic E-state index is 4.42. The number of aromatic nitrogens is 2. The van der Waals surface area contributed by atoms with Crippen LogP contribution in [0.2, 0.25) is 0 Å². The number of rotatable bonds is 2. The smallest absolute Gasteiger partial charge is 0.160 e. The van der Waals surface area contributed by atoms with Crippen LogP contribution in [-0.2, 0) is 5.33 Å². The number of halogens is 1. The van der Waals surface area contributed by atoms with E-state index in [1.807, 2.05) is 6.07 Å². The van der Waals surface area contributed by atoms with Gasteiger partial charge in [-0.25, -0.2) is 9.97 Å². The molecular weight excluding hydrogens is 260 g/mol. The largest absolute Gasteiger partial charge is 0.237 e. The molecule has 2 heterocycles. The first-order chi connectivity index (χ1) is 6.79. The van der Waals surface area contributed by atoms with Crippen molar-refractivity contribution in [3.8, 4) is 11.4 Å². The minimum Gasteiger partial charge on any atom is -0.237 e. The molecule has 0 atom stereocenters. The van der Waals surface area contributed by atoms with Crippen molar-refractivity contribution in [3.05, 3.63) is 34.3 Å². The molecule has 0 aliphatic rings. The van der Waals surface area contributed by atoms with Gasteiger partial charge < -0.3 is 0 Å². The van der Waals surface area contributed by atoms with Crippen molar-refractivity contribution < 1.29 is 0 Å². The maximum Gasteiger partial charge on any atom is 0.160 e. The summed E-state index contributed by atoms with van der Waals surface area (Å²) in [6.07, 6.45) is 1.80. The minimum absolute atomic E-state index is 0.769. The highest BCUT2D eigenvalue weighted by molar-refractivity contribution is 9.08. The van der Waals surface area contributed by atoms with Crippen LogP contribution in [0.4, 0.5) is 0 Å². The molecule has 2 aromatic rings. The molecule has 0 unspecified atom stereocenters. The van der Waals surface area contributed by atoms with Crippen LogP contribution in [0.3, 0.4) is 0 Å². The highest BCUT2D eigenvalue weighted by atomic mass is 79.9. The van der Waals surface area contributed by atoms with E-state index in [-0.39, 0.29) is 0 Å². The number of alkyl halides is 1. The summed E-state index contributed by atoms with van der Waals surface area (Å²) in [5.74, 6) is 0.811. The van der Waals surface area contributed by atoms with Gasteiger partial charge in [0.15, 0.2) is 5.82 Å². The van der Waals surface area contributed by atoms with Gasteiger partial charge >= 0.3 is 0 Å². The highest BCUT2D eigenvalue weighted by Crippen LogP contribution is 2.22. The lowest BCUT2D eigenvalue weighted by molar-refractivity contribution is 1.10. The van der Waals surface area contributed by atoms with Crippen molar-refractivity contribution in [1.82, 2.24) is 9.97 Å². The Morgan fingerprint density at radius 3 is 3.00 bits per heavy atom. The summed E-state index contributed by atoms with van der Waals surface area (Å²) in [6.45, 7) is 2.09. The van der Waals surface area contributed by atoms with E-state index in [1.165, 1.54) is 4.88 Å². The maximum absolute atomic E-state index is 4.42. The van der Waals surface area contributed by atoms with Gasteiger partial charge in [-0.3, -0.25) is 0 Å². The Hall–Kier alpha value is -0.740. The molecule has 2 rings (SSSR count). The van der Waals surface area contributed by atoms with Gasteiger partial charge in [-0.15, -0.1) is 11.3 Å². The fourth-order valence-electron chi connectivity index (χ4n) is 1.17. The third-order valence-corrected chi connectivity index (χ3v) is 3.27. The first kappa shape index (κ1) is 9.80. The van der Waals surface area contributed by atoms with Gasteiger partial charge in [0.2, 0.25) is 0 Å². The first-order valence-corrected chi connectivity index (χ1v) is 6.23. The Bertz CT molecular complexity index is 439. The molecule has 2 aromatic heterocycles. The third-order valence-electron chi connectivity index (χ3n) is 1.84. The average molecular weight is 269 g/mol. The second kappa shape index (κ2) is 4.19. The van der Waals surface area contributed by atoms with Crippen LogP contribution in [0.1, 0.15) is 10.6 Å². The summed E-state index contributed by atoms with van der Waals surface area (Å²) in [5, 5.41) is 2.86. The lowest BCUT2D eigenvalue weighted by Crippen LogP contribution is -1.90. The standard InChI is InChI=1S/C10H9BrN2S/c1-7-4-8(6-14-7)10-12-3-2-9(5-11)13-10/h2-4,6H,5H2,1H3. The molecule has 0 bridgehead atoms. The summed E-state index contributed by atoms with van der Waals surface area (Å²) in [7, 11) is 0. The monoisotopic (exact) mass is 268 g/mol. The molecule has 0 aliphatic heterocycles. The first-order valence-electron chi connectivity index (χ1n) is 4.23. The van der Waals surface area contributed by atoms with Gasteiger partial charge in [0.05, 0.1) is 5.69 Å². The lowest BCUT2D eigenvalue weighted by Gasteiger charge is -1.97. The van der Waals surface area contributed by atoms with Crippen LogP contribution >= 0.6 is 27.3 Å². The number of hydrogen-bond donors (Lipinski definition) is 0. The summed E-state index contributed by atoms with van der Waals surface area (Å²) >= 11 is 5.10. The van der Waals surface area contributed by atoms with Crippen molar-refractivity contribution in [2.75, 3.05) is 0 Å². The van der Waals surface area contributed by atoms with Crippen LogP contribution < -0.4 is 0 Å². The number of nitrogens with zero attached hydrogens (tertiary/aromatic N) is 2. The Morgan fingerprint density at radius 1 is 1.50 bits per heavy atom. The molecule has 0 fully saturated rings. The number of hydrogen-bond acceptors (Lipinski definition) is 3. The fraction of sp³-hybridized carbons (Fsp3) is 0.200. The molecule has 0 spiro atoms. The molecule has 0 saturated carbocycles. The van der Waals surface area contributed by atoms with E-state index in [0.29, 0.717) is 0 Å². The van der Waals surface area contributed by atoms with E-state index in [2.05, 4.69) is 44.3 Å². The van der Waals surface area contributed by atoms with Gasteiger partial charge in [0.25, 0.3) is 0 Å². The van der Waals surface area contributed by atoms with Crippen LogP contribution in [0.25, 0.3) is 11.4 Å². The molecule has 72 valence electrons. The second-order valence-electron chi connectivity index (χ2n) is 2.95. The van der Waals surface area contributed by atoms with Gasteiger partial charge in [-0.2, -0.15) is 0 Å². The Balaban J connectivity index is 2.41. The highest BCUT2D eigenvalue weighted by Gasteiger charge is 2.03. The van der Waals surface area contributed by atoms with E-state index >= 15 is 0 Å². The number of thiophene rings is 1. The quantitative estimate of drug-likeness (QED) is 0.781. The van der Waals surface area contributed by atoms with Gasteiger partial charge in [-0.1, -0.05) is 15.9 Å². The predicted octanol–water partition coefficient (Wildman–Crippen LogP) is 3.41. The van der Waals surface area contributed by atoms with Crippen LogP contribution in [0, 0.1) is 6.92 Å². The zero-order valence-electron chi connectivity index (χ0n) is 7.70. The molecule has 0 aromatic carbocycles. The third kappa shape index (κ3) is 2.01. The molecule has 14 heavy (non-hydrogen) atoms. The van der Waals surface area contributed by atoms with Crippen LogP contribution in [-0.4, -0.2) is 9.97 Å². The average Bonchev–Trinajstić information content (AvgIpc) is 2.65. The van der Waals surface area contributed by atoms with Gasteiger partial charge in [-0.05, 0) is 19.1 Å². The fourth-order valence-corrected chi connectivity index (χ4v) is 2.16. The Morgan fingerprint density at radius 2 is 2.36 bits per heavy atom. The topological polar surface area (TPSA) is 25.8 Å². The van der Waals surface area contributed by atoms with Crippen molar-refractivity contribution >= 4 is 27.3 Å². The molecule has 0 N–H and O–H groups in total. The van der Waals surface area contributed by atoms with E-state index in [4.69, 9.17) is 0 Å². The van der Waals surface area contributed by atoms with Crippen LogP contribution in [0.15, 0.2) is 23.7 Å². The SMILES string of the molecule is Cc1cc(-c2nccc(CBr)n2)cs1. The summed E-state index contributed by atoms with van der Waals surface area (Å²) in [6, 6.07) is 4.02. The minimum atomic E-state index is 0.769. The normalized spacial score (nSPS) is 10.4. The van der Waals surface area contributed by atoms with Crippen molar-refractivity contribution in [1.29, 1.82) is 0 Å². The number of aryl methyl sites for hydroxylation is 1. The molecule has 2 nitrogen and oxygen atoms in total.